The fourth-order valence-corrected chi connectivity index (χ4v) is 3.74. The van der Waals surface area contributed by atoms with Gasteiger partial charge in [0.1, 0.15) is 11.9 Å². The molecule has 3 aromatic carbocycles. The topological polar surface area (TPSA) is 49.4 Å². The van der Waals surface area contributed by atoms with Gasteiger partial charge in [-0.25, -0.2) is 4.39 Å². The number of amides is 2. The lowest BCUT2D eigenvalue weighted by atomic mass is 9.91. The number of hydrogen-bond donors (Lipinski definition) is 1. The van der Waals surface area contributed by atoms with Gasteiger partial charge in [0.05, 0.1) is 0 Å². The van der Waals surface area contributed by atoms with E-state index < -0.39 is 6.04 Å². The highest BCUT2D eigenvalue weighted by Gasteiger charge is 2.36. The molecule has 0 spiro atoms. The maximum absolute atomic E-state index is 13.9. The van der Waals surface area contributed by atoms with E-state index >= 15 is 0 Å². The molecule has 5 heteroatoms. The van der Waals surface area contributed by atoms with Crippen LogP contribution < -0.4 is 5.32 Å². The fourth-order valence-electron chi connectivity index (χ4n) is 3.74. The maximum atomic E-state index is 13.9. The Morgan fingerprint density at radius 1 is 0.931 bits per heavy atom. The van der Waals surface area contributed by atoms with E-state index in [1.807, 2.05) is 30.3 Å². The molecule has 0 bridgehead atoms. The number of rotatable bonds is 4. The molecule has 0 radical (unpaired) electrons. The van der Waals surface area contributed by atoms with Crippen LogP contribution in [0.15, 0.2) is 78.9 Å². The Morgan fingerprint density at radius 2 is 1.62 bits per heavy atom. The molecule has 1 aliphatic rings. The molecule has 1 heterocycles. The molecule has 146 valence electrons. The third-order valence-electron chi connectivity index (χ3n) is 5.22. The van der Waals surface area contributed by atoms with Crippen molar-refractivity contribution in [1.82, 2.24) is 10.2 Å². The zero-order chi connectivity index (χ0) is 20.2. The van der Waals surface area contributed by atoms with Gasteiger partial charge in [-0.2, -0.15) is 0 Å². The number of fused-ring (bicyclic) bond motifs is 1. The third kappa shape index (κ3) is 3.90. The Morgan fingerprint density at radius 3 is 2.41 bits per heavy atom. The van der Waals surface area contributed by atoms with Gasteiger partial charge in [-0.1, -0.05) is 60.7 Å². The number of hydrogen-bond acceptors (Lipinski definition) is 2. The van der Waals surface area contributed by atoms with Crippen LogP contribution in [0.1, 0.15) is 33.1 Å². The summed E-state index contributed by atoms with van der Waals surface area (Å²) in [5.74, 6) is -0.870. The minimum absolute atomic E-state index is 0.0670. The van der Waals surface area contributed by atoms with Gasteiger partial charge in [-0.15, -0.1) is 0 Å². The maximum Gasteiger partial charge on any atom is 0.254 e. The van der Waals surface area contributed by atoms with E-state index in [9.17, 15) is 14.0 Å². The second-order valence-electron chi connectivity index (χ2n) is 7.03. The molecular formula is C24H21FN2O2. The molecular weight excluding hydrogens is 367 g/mol. The van der Waals surface area contributed by atoms with E-state index in [0.29, 0.717) is 24.1 Å². The fraction of sp³-hybridized carbons (Fsp3) is 0.167. The van der Waals surface area contributed by atoms with E-state index in [4.69, 9.17) is 0 Å². The molecule has 0 saturated heterocycles. The summed E-state index contributed by atoms with van der Waals surface area (Å²) in [6.07, 6.45) is 0.686. The second-order valence-corrected chi connectivity index (χ2v) is 7.03. The molecule has 1 atom stereocenters. The molecule has 0 aromatic heterocycles. The number of nitrogens with zero attached hydrogens (tertiary/aromatic N) is 1. The average molecular weight is 388 g/mol. The summed E-state index contributed by atoms with van der Waals surface area (Å²) in [5.41, 5.74) is 2.81. The van der Waals surface area contributed by atoms with Crippen molar-refractivity contribution in [3.8, 4) is 0 Å². The van der Waals surface area contributed by atoms with Gasteiger partial charge in [-0.05, 0) is 35.7 Å². The Labute approximate surface area is 169 Å². The summed E-state index contributed by atoms with van der Waals surface area (Å²) >= 11 is 0. The number of carbonyl (C=O) groups is 2. The Hall–Kier alpha value is -3.47. The lowest BCUT2D eigenvalue weighted by molar-refractivity contribution is -0.126. The molecule has 0 fully saturated rings. The molecule has 0 unspecified atom stereocenters. The number of halogens is 1. The van der Waals surface area contributed by atoms with E-state index in [1.54, 1.807) is 47.4 Å². The summed E-state index contributed by atoms with van der Waals surface area (Å²) in [5, 5.41) is 2.81. The van der Waals surface area contributed by atoms with Crippen LogP contribution in [0.3, 0.4) is 0 Å². The summed E-state index contributed by atoms with van der Waals surface area (Å²) < 4.78 is 13.9. The number of nitrogens with one attached hydrogen (secondary N) is 1. The summed E-state index contributed by atoms with van der Waals surface area (Å²) in [6, 6.07) is 22.2. The van der Waals surface area contributed by atoms with Gasteiger partial charge in [0.2, 0.25) is 5.91 Å². The van der Waals surface area contributed by atoms with Crippen LogP contribution in [0.5, 0.6) is 0 Å². The van der Waals surface area contributed by atoms with Crippen LogP contribution in [0.2, 0.25) is 0 Å². The highest BCUT2D eigenvalue weighted by molar-refractivity contribution is 5.98. The van der Waals surface area contributed by atoms with Gasteiger partial charge >= 0.3 is 0 Å². The Kier molecular flexibility index (Phi) is 5.38. The molecule has 1 aliphatic heterocycles. The first-order valence-electron chi connectivity index (χ1n) is 9.60. The zero-order valence-corrected chi connectivity index (χ0v) is 15.8. The van der Waals surface area contributed by atoms with Crippen molar-refractivity contribution in [1.29, 1.82) is 0 Å². The van der Waals surface area contributed by atoms with Gasteiger partial charge in [-0.3, -0.25) is 9.59 Å². The molecule has 0 aliphatic carbocycles. The summed E-state index contributed by atoms with van der Waals surface area (Å²) in [6.45, 7) is 0.514. The first-order valence-corrected chi connectivity index (χ1v) is 9.60. The van der Waals surface area contributed by atoms with Crippen LogP contribution in [0, 0.1) is 5.82 Å². The van der Waals surface area contributed by atoms with Crippen LogP contribution in [0.25, 0.3) is 0 Å². The zero-order valence-electron chi connectivity index (χ0n) is 15.8. The van der Waals surface area contributed by atoms with Gasteiger partial charge in [0.15, 0.2) is 0 Å². The van der Waals surface area contributed by atoms with Gasteiger partial charge in [0, 0.05) is 24.2 Å². The van der Waals surface area contributed by atoms with Crippen molar-refractivity contribution in [2.24, 2.45) is 0 Å². The molecule has 3 aromatic rings. The normalized spacial score (nSPS) is 15.5. The standard InChI is InChI=1S/C24H21FN2O2/c25-21-13-7-5-11-19(21)16-26-23(28)22-20-12-6-4-8-17(20)14-15-27(22)24(29)18-9-2-1-3-10-18/h1-13,22H,14-16H2,(H,26,28)/t22-/m0/s1. The second kappa shape index (κ2) is 8.27. The number of carbonyl (C=O) groups excluding carboxylic acids is 2. The number of benzene rings is 3. The lowest BCUT2D eigenvalue weighted by Gasteiger charge is -2.36. The quantitative estimate of drug-likeness (QED) is 0.737. The SMILES string of the molecule is O=C(NCc1ccccc1F)[C@@H]1c2ccccc2CCN1C(=O)c1ccccc1. The molecule has 1 N–H and O–H groups in total. The minimum atomic E-state index is -0.751. The predicted octanol–water partition coefficient (Wildman–Crippen LogP) is 3.88. The summed E-state index contributed by atoms with van der Waals surface area (Å²) in [7, 11) is 0. The highest BCUT2D eigenvalue weighted by atomic mass is 19.1. The first-order chi connectivity index (χ1) is 14.1. The Bertz CT molecular complexity index is 1040. The van der Waals surface area contributed by atoms with E-state index in [-0.39, 0.29) is 24.2 Å². The van der Waals surface area contributed by atoms with Crippen molar-refractivity contribution in [3.63, 3.8) is 0 Å². The minimum Gasteiger partial charge on any atom is -0.350 e. The van der Waals surface area contributed by atoms with Gasteiger partial charge in [0.25, 0.3) is 5.91 Å². The van der Waals surface area contributed by atoms with Crippen LogP contribution in [-0.4, -0.2) is 23.3 Å². The van der Waals surface area contributed by atoms with Crippen molar-refractivity contribution in [3.05, 3.63) is 107 Å². The average Bonchev–Trinajstić information content (AvgIpc) is 2.77. The van der Waals surface area contributed by atoms with Gasteiger partial charge < -0.3 is 10.2 Å². The van der Waals surface area contributed by atoms with E-state index in [1.165, 1.54) is 6.07 Å². The van der Waals surface area contributed by atoms with E-state index in [0.717, 1.165) is 11.1 Å². The first kappa shape index (κ1) is 18.9. The molecule has 0 saturated carbocycles. The summed E-state index contributed by atoms with van der Waals surface area (Å²) in [4.78, 5) is 27.9. The van der Waals surface area contributed by atoms with Crippen LogP contribution in [-0.2, 0) is 17.8 Å². The largest absolute Gasteiger partial charge is 0.350 e. The molecule has 2 amide bonds. The Balaban J connectivity index is 1.63. The predicted molar refractivity (Wildman–Crippen MR) is 109 cm³/mol. The van der Waals surface area contributed by atoms with Crippen molar-refractivity contribution >= 4 is 11.8 Å². The third-order valence-corrected chi connectivity index (χ3v) is 5.22. The van der Waals surface area contributed by atoms with Crippen LogP contribution >= 0.6 is 0 Å². The van der Waals surface area contributed by atoms with E-state index in [2.05, 4.69) is 5.32 Å². The molecule has 29 heavy (non-hydrogen) atoms. The highest BCUT2D eigenvalue weighted by Crippen LogP contribution is 2.31. The van der Waals surface area contributed by atoms with Crippen LogP contribution in [0.4, 0.5) is 4.39 Å². The van der Waals surface area contributed by atoms with Crippen molar-refractivity contribution < 1.29 is 14.0 Å². The van der Waals surface area contributed by atoms with Crippen molar-refractivity contribution in [2.45, 2.75) is 19.0 Å². The lowest BCUT2D eigenvalue weighted by Crippen LogP contribution is -2.47. The molecule has 4 nitrogen and oxygen atoms in total. The monoisotopic (exact) mass is 388 g/mol. The van der Waals surface area contributed by atoms with Crippen molar-refractivity contribution in [2.75, 3.05) is 6.54 Å². The molecule has 4 rings (SSSR count). The smallest absolute Gasteiger partial charge is 0.254 e.